The summed E-state index contributed by atoms with van der Waals surface area (Å²) in [6.07, 6.45) is 2.48. The van der Waals surface area contributed by atoms with Crippen LogP contribution in [0.3, 0.4) is 0 Å². The van der Waals surface area contributed by atoms with Gasteiger partial charge in [0.25, 0.3) is 0 Å². The van der Waals surface area contributed by atoms with E-state index in [0.717, 1.165) is 25.3 Å². The number of amides is 1. The monoisotopic (exact) mass is 275 g/mol. The SMILES string of the molecule is CC(=O)Nc1ccc(CN2CCCC(C(C)N)C2)cc1. The zero-order valence-corrected chi connectivity index (χ0v) is 12.4. The Balaban J connectivity index is 1.91. The Morgan fingerprint density at radius 1 is 1.45 bits per heavy atom. The highest BCUT2D eigenvalue weighted by molar-refractivity contribution is 5.88. The fraction of sp³-hybridized carbons (Fsp3) is 0.562. The fourth-order valence-corrected chi connectivity index (χ4v) is 2.82. The van der Waals surface area contributed by atoms with Gasteiger partial charge in [-0.25, -0.2) is 0 Å². The zero-order valence-electron chi connectivity index (χ0n) is 12.4. The molecule has 0 aliphatic carbocycles. The van der Waals surface area contributed by atoms with Crippen molar-refractivity contribution in [2.75, 3.05) is 18.4 Å². The van der Waals surface area contributed by atoms with Gasteiger partial charge in [0.15, 0.2) is 0 Å². The lowest BCUT2D eigenvalue weighted by molar-refractivity contribution is -0.114. The summed E-state index contributed by atoms with van der Waals surface area (Å²) in [6, 6.07) is 8.37. The number of nitrogens with zero attached hydrogens (tertiary/aromatic N) is 1. The van der Waals surface area contributed by atoms with Gasteiger partial charge in [0, 0.05) is 31.7 Å². The first-order valence-corrected chi connectivity index (χ1v) is 7.39. The summed E-state index contributed by atoms with van der Waals surface area (Å²) >= 11 is 0. The molecule has 1 saturated heterocycles. The molecular weight excluding hydrogens is 250 g/mol. The molecule has 1 aliphatic rings. The summed E-state index contributed by atoms with van der Waals surface area (Å²) in [5, 5.41) is 2.79. The predicted octanol–water partition coefficient (Wildman–Crippen LogP) is 2.20. The van der Waals surface area contributed by atoms with E-state index in [-0.39, 0.29) is 11.9 Å². The minimum atomic E-state index is -0.0337. The van der Waals surface area contributed by atoms with Crippen molar-refractivity contribution in [1.29, 1.82) is 0 Å². The maximum Gasteiger partial charge on any atom is 0.221 e. The Morgan fingerprint density at radius 3 is 2.75 bits per heavy atom. The smallest absolute Gasteiger partial charge is 0.221 e. The molecule has 0 saturated carbocycles. The van der Waals surface area contributed by atoms with Crippen molar-refractivity contribution in [3.63, 3.8) is 0 Å². The molecular formula is C16H25N3O. The number of benzene rings is 1. The molecule has 1 aromatic rings. The summed E-state index contributed by atoms with van der Waals surface area (Å²) in [5.41, 5.74) is 8.16. The molecule has 2 rings (SSSR count). The van der Waals surface area contributed by atoms with E-state index in [4.69, 9.17) is 5.73 Å². The fourth-order valence-electron chi connectivity index (χ4n) is 2.82. The van der Waals surface area contributed by atoms with E-state index in [2.05, 4.69) is 29.3 Å². The van der Waals surface area contributed by atoms with Crippen molar-refractivity contribution in [3.8, 4) is 0 Å². The van der Waals surface area contributed by atoms with Crippen LogP contribution in [-0.2, 0) is 11.3 Å². The second kappa shape index (κ2) is 6.86. The molecule has 4 heteroatoms. The lowest BCUT2D eigenvalue weighted by Gasteiger charge is -2.34. The molecule has 0 spiro atoms. The minimum Gasteiger partial charge on any atom is -0.328 e. The maximum atomic E-state index is 11.0. The summed E-state index contributed by atoms with van der Waals surface area (Å²) in [5.74, 6) is 0.580. The highest BCUT2D eigenvalue weighted by Crippen LogP contribution is 2.21. The molecule has 1 aromatic carbocycles. The Kier molecular flexibility index (Phi) is 5.15. The van der Waals surface area contributed by atoms with Crippen molar-refractivity contribution < 1.29 is 4.79 Å². The molecule has 1 amide bonds. The van der Waals surface area contributed by atoms with E-state index >= 15 is 0 Å². The van der Waals surface area contributed by atoms with Crippen LogP contribution < -0.4 is 11.1 Å². The number of hydrogen-bond acceptors (Lipinski definition) is 3. The van der Waals surface area contributed by atoms with Gasteiger partial charge < -0.3 is 11.1 Å². The van der Waals surface area contributed by atoms with Crippen molar-refractivity contribution in [1.82, 2.24) is 4.90 Å². The number of anilines is 1. The molecule has 20 heavy (non-hydrogen) atoms. The Labute approximate surface area is 121 Å². The van der Waals surface area contributed by atoms with Crippen molar-refractivity contribution >= 4 is 11.6 Å². The van der Waals surface area contributed by atoms with Gasteiger partial charge >= 0.3 is 0 Å². The summed E-state index contributed by atoms with van der Waals surface area (Å²) in [7, 11) is 0. The van der Waals surface area contributed by atoms with Gasteiger partial charge in [-0.1, -0.05) is 12.1 Å². The molecule has 4 nitrogen and oxygen atoms in total. The molecule has 1 fully saturated rings. The number of likely N-dealkylation sites (tertiary alicyclic amines) is 1. The van der Waals surface area contributed by atoms with E-state index in [0.29, 0.717) is 5.92 Å². The van der Waals surface area contributed by atoms with Gasteiger partial charge in [-0.15, -0.1) is 0 Å². The highest BCUT2D eigenvalue weighted by atomic mass is 16.1. The quantitative estimate of drug-likeness (QED) is 0.885. The number of piperidine rings is 1. The number of nitrogens with two attached hydrogens (primary N) is 1. The van der Waals surface area contributed by atoms with E-state index in [1.54, 1.807) is 0 Å². The van der Waals surface area contributed by atoms with Crippen LogP contribution in [0.1, 0.15) is 32.3 Å². The van der Waals surface area contributed by atoms with Gasteiger partial charge in [-0.3, -0.25) is 9.69 Å². The van der Waals surface area contributed by atoms with Crippen LogP contribution in [-0.4, -0.2) is 29.9 Å². The largest absolute Gasteiger partial charge is 0.328 e. The first-order valence-electron chi connectivity index (χ1n) is 7.39. The Bertz CT molecular complexity index is 442. The van der Waals surface area contributed by atoms with Gasteiger partial charge in [0.1, 0.15) is 0 Å². The average Bonchev–Trinajstić information content (AvgIpc) is 2.41. The van der Waals surface area contributed by atoms with Crippen LogP contribution in [0.25, 0.3) is 0 Å². The third-order valence-electron chi connectivity index (χ3n) is 3.97. The van der Waals surface area contributed by atoms with Gasteiger partial charge in [0.2, 0.25) is 5.91 Å². The normalized spacial score (nSPS) is 21.4. The van der Waals surface area contributed by atoms with Crippen molar-refractivity contribution in [2.24, 2.45) is 11.7 Å². The lowest BCUT2D eigenvalue weighted by atomic mass is 9.92. The topological polar surface area (TPSA) is 58.4 Å². The molecule has 2 unspecified atom stereocenters. The Morgan fingerprint density at radius 2 is 2.15 bits per heavy atom. The van der Waals surface area contributed by atoms with Crippen LogP contribution in [0.15, 0.2) is 24.3 Å². The molecule has 0 radical (unpaired) electrons. The van der Waals surface area contributed by atoms with Crippen molar-refractivity contribution in [2.45, 2.75) is 39.3 Å². The summed E-state index contributed by atoms with van der Waals surface area (Å²) in [6.45, 7) is 6.83. The van der Waals surface area contributed by atoms with E-state index in [9.17, 15) is 4.79 Å². The van der Waals surface area contributed by atoms with Crippen LogP contribution in [0.2, 0.25) is 0 Å². The first kappa shape index (κ1) is 15.0. The number of hydrogen-bond donors (Lipinski definition) is 2. The van der Waals surface area contributed by atoms with Gasteiger partial charge in [-0.05, 0) is 49.9 Å². The average molecular weight is 275 g/mol. The highest BCUT2D eigenvalue weighted by Gasteiger charge is 2.22. The number of carbonyl (C=O) groups excluding carboxylic acids is 1. The number of carbonyl (C=O) groups is 1. The molecule has 1 heterocycles. The minimum absolute atomic E-state index is 0.0337. The molecule has 110 valence electrons. The van der Waals surface area contributed by atoms with Crippen LogP contribution >= 0.6 is 0 Å². The standard InChI is InChI=1S/C16H25N3O/c1-12(17)15-4-3-9-19(11-15)10-14-5-7-16(8-6-14)18-13(2)20/h5-8,12,15H,3-4,9-11,17H2,1-2H3,(H,18,20). The van der Waals surface area contributed by atoms with E-state index in [1.165, 1.54) is 25.3 Å². The predicted molar refractivity (Wildman–Crippen MR) is 82.4 cm³/mol. The number of rotatable bonds is 4. The molecule has 0 aromatic heterocycles. The van der Waals surface area contributed by atoms with E-state index < -0.39 is 0 Å². The lowest BCUT2D eigenvalue weighted by Crippen LogP contribution is -2.41. The molecule has 0 bridgehead atoms. The Hall–Kier alpha value is -1.39. The molecule has 2 atom stereocenters. The zero-order chi connectivity index (χ0) is 14.5. The van der Waals surface area contributed by atoms with Crippen LogP contribution in [0.4, 0.5) is 5.69 Å². The van der Waals surface area contributed by atoms with E-state index in [1.807, 2.05) is 12.1 Å². The first-order chi connectivity index (χ1) is 9.54. The summed E-state index contributed by atoms with van der Waals surface area (Å²) in [4.78, 5) is 13.5. The second-order valence-corrected chi connectivity index (χ2v) is 5.87. The van der Waals surface area contributed by atoms with Crippen LogP contribution in [0, 0.1) is 5.92 Å². The maximum absolute atomic E-state index is 11.0. The van der Waals surface area contributed by atoms with Crippen molar-refractivity contribution in [3.05, 3.63) is 29.8 Å². The third-order valence-corrected chi connectivity index (χ3v) is 3.97. The number of nitrogens with one attached hydrogen (secondary N) is 1. The third kappa shape index (κ3) is 4.32. The molecule has 3 N–H and O–H groups in total. The van der Waals surface area contributed by atoms with Gasteiger partial charge in [0.05, 0.1) is 0 Å². The van der Waals surface area contributed by atoms with Crippen LogP contribution in [0.5, 0.6) is 0 Å². The second-order valence-electron chi connectivity index (χ2n) is 5.87. The van der Waals surface area contributed by atoms with Gasteiger partial charge in [-0.2, -0.15) is 0 Å². The summed E-state index contributed by atoms with van der Waals surface area (Å²) < 4.78 is 0. The molecule has 1 aliphatic heterocycles.